The molecule has 194 valence electrons. The van der Waals surface area contributed by atoms with Crippen molar-refractivity contribution >= 4 is 23.4 Å². The average Bonchev–Trinajstić information content (AvgIpc) is 3.28. The van der Waals surface area contributed by atoms with Crippen molar-refractivity contribution in [1.82, 2.24) is 15.1 Å². The standard InChI is InChI=1S/C29H29N5O4/c1-31-21-8-6-20(7-9-21)29(19-30)12-15-33(16-13-29)14-3-17-38-25-5-2-4-22-23(25)18-34(28(22)37)24-10-11-26(35)32-27(24)36/h2,4-9,24H,3,10-18H2,(H,32,35,36). The van der Waals surface area contributed by atoms with Crippen LogP contribution in [0.25, 0.3) is 4.85 Å². The Morgan fingerprint density at radius 2 is 1.89 bits per heavy atom. The number of amides is 3. The number of carbonyl (C=O) groups excluding carboxylic acids is 3. The summed E-state index contributed by atoms with van der Waals surface area (Å²) >= 11 is 0. The van der Waals surface area contributed by atoms with Gasteiger partial charge in [-0.2, -0.15) is 5.26 Å². The van der Waals surface area contributed by atoms with Gasteiger partial charge in [-0.25, -0.2) is 4.85 Å². The first-order valence-corrected chi connectivity index (χ1v) is 12.9. The number of benzene rings is 2. The molecule has 2 fully saturated rings. The molecule has 0 spiro atoms. The van der Waals surface area contributed by atoms with Crippen LogP contribution in [0.4, 0.5) is 5.69 Å². The zero-order valence-corrected chi connectivity index (χ0v) is 21.1. The highest BCUT2D eigenvalue weighted by atomic mass is 16.5. The van der Waals surface area contributed by atoms with E-state index in [2.05, 4.69) is 21.1 Å². The zero-order chi connectivity index (χ0) is 26.7. The third kappa shape index (κ3) is 4.85. The summed E-state index contributed by atoms with van der Waals surface area (Å²) in [7, 11) is 0. The second kappa shape index (κ2) is 10.6. The lowest BCUT2D eigenvalue weighted by Gasteiger charge is -2.37. The maximum absolute atomic E-state index is 13.0. The van der Waals surface area contributed by atoms with Crippen LogP contribution in [0.1, 0.15) is 53.6 Å². The van der Waals surface area contributed by atoms with E-state index in [0.717, 1.165) is 50.0 Å². The molecular weight excluding hydrogens is 482 g/mol. The van der Waals surface area contributed by atoms with E-state index in [1.165, 1.54) is 4.90 Å². The van der Waals surface area contributed by atoms with Crippen molar-refractivity contribution in [2.24, 2.45) is 0 Å². The molecule has 2 aromatic carbocycles. The second-order valence-electron chi connectivity index (χ2n) is 10.1. The highest BCUT2D eigenvalue weighted by Gasteiger charge is 2.40. The maximum atomic E-state index is 13.0. The molecule has 2 saturated heterocycles. The van der Waals surface area contributed by atoms with Crippen molar-refractivity contribution in [1.29, 1.82) is 5.26 Å². The summed E-state index contributed by atoms with van der Waals surface area (Å²) in [6, 6.07) is 14.7. The van der Waals surface area contributed by atoms with Gasteiger partial charge in [-0.05, 0) is 56.5 Å². The molecule has 1 unspecified atom stereocenters. The molecule has 3 heterocycles. The van der Waals surface area contributed by atoms with Crippen LogP contribution in [0.3, 0.4) is 0 Å². The molecule has 9 heteroatoms. The quantitative estimate of drug-likeness (QED) is 0.347. The average molecular weight is 512 g/mol. The number of nitrogens with one attached hydrogen (secondary N) is 1. The van der Waals surface area contributed by atoms with Crippen molar-refractivity contribution in [3.8, 4) is 11.8 Å². The molecule has 5 rings (SSSR count). The van der Waals surface area contributed by atoms with Crippen LogP contribution in [-0.2, 0) is 21.5 Å². The van der Waals surface area contributed by atoms with Crippen LogP contribution in [0.15, 0.2) is 42.5 Å². The van der Waals surface area contributed by atoms with E-state index in [9.17, 15) is 19.6 Å². The van der Waals surface area contributed by atoms with Gasteiger partial charge in [0.15, 0.2) is 5.69 Å². The number of rotatable bonds is 7. The van der Waals surface area contributed by atoms with Crippen molar-refractivity contribution in [2.75, 3.05) is 26.2 Å². The molecule has 3 amide bonds. The summed E-state index contributed by atoms with van der Waals surface area (Å²) < 4.78 is 6.08. The fourth-order valence-electron chi connectivity index (χ4n) is 5.64. The SMILES string of the molecule is [C-]#[N+]c1ccc(C2(C#N)CCN(CCCOc3cccc4c3CN(C3CCC(=O)NC3=O)C4=O)CC2)cc1. The maximum Gasteiger partial charge on any atom is 0.255 e. The van der Waals surface area contributed by atoms with E-state index in [1.54, 1.807) is 24.3 Å². The predicted molar refractivity (Wildman–Crippen MR) is 138 cm³/mol. The molecule has 1 atom stereocenters. The highest BCUT2D eigenvalue weighted by molar-refractivity contribution is 6.05. The second-order valence-corrected chi connectivity index (χ2v) is 10.1. The van der Waals surface area contributed by atoms with Crippen LogP contribution in [0, 0.1) is 17.9 Å². The molecule has 0 aromatic heterocycles. The largest absolute Gasteiger partial charge is 0.493 e. The van der Waals surface area contributed by atoms with E-state index >= 15 is 0 Å². The monoisotopic (exact) mass is 511 g/mol. The van der Waals surface area contributed by atoms with E-state index in [1.807, 2.05) is 18.2 Å². The van der Waals surface area contributed by atoms with Gasteiger partial charge in [0.1, 0.15) is 11.8 Å². The summed E-state index contributed by atoms with van der Waals surface area (Å²) in [5.41, 5.74) is 2.37. The first kappa shape index (κ1) is 25.4. The number of carbonyl (C=O) groups is 3. The Morgan fingerprint density at radius 1 is 1.13 bits per heavy atom. The Morgan fingerprint density at radius 3 is 2.58 bits per heavy atom. The lowest BCUT2D eigenvalue weighted by molar-refractivity contribution is -0.136. The molecule has 9 nitrogen and oxygen atoms in total. The molecule has 0 aliphatic carbocycles. The summed E-state index contributed by atoms with van der Waals surface area (Å²) in [5.74, 6) is -0.289. The molecule has 3 aliphatic rings. The molecule has 0 saturated carbocycles. The molecule has 1 N–H and O–H groups in total. The van der Waals surface area contributed by atoms with E-state index in [0.29, 0.717) is 30.0 Å². The van der Waals surface area contributed by atoms with Gasteiger partial charge in [0.25, 0.3) is 5.91 Å². The van der Waals surface area contributed by atoms with Crippen LogP contribution < -0.4 is 10.1 Å². The number of piperidine rings is 2. The van der Waals surface area contributed by atoms with E-state index in [4.69, 9.17) is 11.3 Å². The Balaban J connectivity index is 1.13. The van der Waals surface area contributed by atoms with Gasteiger partial charge in [-0.15, -0.1) is 0 Å². The lowest BCUT2D eigenvalue weighted by Crippen LogP contribution is -2.52. The Kier molecular flexibility index (Phi) is 7.13. The molecule has 0 radical (unpaired) electrons. The number of likely N-dealkylation sites (tertiary alicyclic amines) is 1. The minimum absolute atomic E-state index is 0.210. The molecular formula is C29H29N5O4. The molecule has 0 bridgehead atoms. The van der Waals surface area contributed by atoms with Crippen molar-refractivity contribution < 1.29 is 19.1 Å². The number of nitrogens with zero attached hydrogens (tertiary/aromatic N) is 4. The number of ether oxygens (including phenoxy) is 1. The van der Waals surface area contributed by atoms with Crippen molar-refractivity contribution in [3.05, 3.63) is 70.6 Å². The van der Waals surface area contributed by atoms with Crippen LogP contribution in [-0.4, -0.2) is 59.8 Å². The number of imide groups is 1. The number of fused-ring (bicyclic) bond motifs is 1. The summed E-state index contributed by atoms with van der Waals surface area (Å²) in [5, 5.41) is 12.3. The topological polar surface area (TPSA) is 107 Å². The van der Waals surface area contributed by atoms with Crippen LogP contribution in [0.5, 0.6) is 5.75 Å². The summed E-state index contributed by atoms with van der Waals surface area (Å²) in [6.45, 7) is 10.4. The van der Waals surface area contributed by atoms with Crippen molar-refractivity contribution in [3.63, 3.8) is 0 Å². The third-order valence-corrected chi connectivity index (χ3v) is 7.89. The number of nitriles is 1. The first-order valence-electron chi connectivity index (χ1n) is 12.9. The van der Waals surface area contributed by atoms with Gasteiger partial charge in [0, 0.05) is 24.1 Å². The van der Waals surface area contributed by atoms with Gasteiger partial charge in [0.2, 0.25) is 11.8 Å². The third-order valence-electron chi connectivity index (χ3n) is 7.89. The fourth-order valence-corrected chi connectivity index (χ4v) is 5.64. The Hall–Kier alpha value is -4.21. The minimum Gasteiger partial charge on any atom is -0.493 e. The predicted octanol–water partition coefficient (Wildman–Crippen LogP) is 3.32. The van der Waals surface area contributed by atoms with Crippen LogP contribution >= 0.6 is 0 Å². The fraction of sp³-hybridized carbons (Fsp3) is 0.414. The Labute approximate surface area is 221 Å². The number of hydrogen-bond donors (Lipinski definition) is 1. The number of hydrogen-bond acceptors (Lipinski definition) is 6. The van der Waals surface area contributed by atoms with Gasteiger partial charge in [0.05, 0.1) is 31.2 Å². The van der Waals surface area contributed by atoms with Crippen LogP contribution in [0.2, 0.25) is 0 Å². The molecule has 2 aromatic rings. The van der Waals surface area contributed by atoms with E-state index in [-0.39, 0.29) is 24.8 Å². The van der Waals surface area contributed by atoms with Gasteiger partial charge in [-0.3, -0.25) is 19.7 Å². The normalized spacial score (nSPS) is 20.8. The summed E-state index contributed by atoms with van der Waals surface area (Å²) in [4.78, 5) is 44.1. The van der Waals surface area contributed by atoms with Crippen molar-refractivity contribution in [2.45, 2.75) is 50.1 Å². The minimum atomic E-state index is -0.648. The molecule has 3 aliphatic heterocycles. The highest BCUT2D eigenvalue weighted by Crippen LogP contribution is 2.36. The Bertz CT molecular complexity index is 1330. The van der Waals surface area contributed by atoms with Gasteiger partial charge >= 0.3 is 0 Å². The molecule has 38 heavy (non-hydrogen) atoms. The first-order chi connectivity index (χ1) is 18.4. The van der Waals surface area contributed by atoms with Gasteiger partial charge < -0.3 is 14.5 Å². The van der Waals surface area contributed by atoms with E-state index < -0.39 is 17.4 Å². The van der Waals surface area contributed by atoms with Gasteiger partial charge in [-0.1, -0.05) is 30.3 Å². The summed E-state index contributed by atoms with van der Waals surface area (Å²) in [6.07, 6.45) is 2.84. The lowest BCUT2D eigenvalue weighted by atomic mass is 9.74. The zero-order valence-electron chi connectivity index (χ0n) is 21.1. The smallest absolute Gasteiger partial charge is 0.255 e.